The molecule has 0 aromatic carbocycles. The van der Waals surface area contributed by atoms with Crippen molar-refractivity contribution < 1.29 is 24.5 Å². The topological polar surface area (TPSA) is 95.9 Å². The largest absolute Gasteiger partial charge is 0.466 e. The van der Waals surface area contributed by atoms with Crippen LogP contribution in [0.2, 0.25) is 0 Å². The lowest BCUT2D eigenvalue weighted by Gasteiger charge is -2.20. The molecule has 3 N–H and O–H groups in total. The van der Waals surface area contributed by atoms with Crippen molar-refractivity contribution in [2.45, 2.75) is 244 Å². The van der Waals surface area contributed by atoms with Crippen molar-refractivity contribution in [3.8, 4) is 0 Å². The van der Waals surface area contributed by atoms with E-state index in [0.717, 1.165) is 70.6 Å². The van der Waals surface area contributed by atoms with Crippen molar-refractivity contribution in [3.05, 3.63) is 36.5 Å². The van der Waals surface area contributed by atoms with Crippen LogP contribution in [-0.4, -0.2) is 47.4 Å². The molecule has 0 rings (SSSR count). The van der Waals surface area contributed by atoms with Crippen LogP contribution >= 0.6 is 0 Å². The number of carbonyl (C=O) groups is 2. The average Bonchev–Trinajstić information content (AvgIpc) is 3.17. The maximum absolute atomic E-state index is 12.4. The molecule has 0 aromatic heterocycles. The van der Waals surface area contributed by atoms with Crippen LogP contribution < -0.4 is 5.32 Å². The standard InChI is InChI=1S/C48H89NO5/c1-3-5-7-9-11-13-15-17-19-21-26-30-34-38-42-48(53)54-43-39-35-31-27-23-22-25-29-33-37-41-47(52)49-45(44-50)46(51)40-36-32-28-24-20-18-16-14-12-10-8-6-4-2/h9,11,15,17,36,40,45-46,50-51H,3-8,10,12-14,16,18-35,37-39,41-44H2,1-2H3,(H,49,52)/b11-9-,17-15-,40-36+. The molecule has 0 fully saturated rings. The summed E-state index contributed by atoms with van der Waals surface area (Å²) >= 11 is 0. The van der Waals surface area contributed by atoms with Gasteiger partial charge < -0.3 is 20.3 Å². The highest BCUT2D eigenvalue weighted by Gasteiger charge is 2.18. The Morgan fingerprint density at radius 1 is 0.519 bits per heavy atom. The summed E-state index contributed by atoms with van der Waals surface area (Å²) in [6.07, 6.45) is 51.2. The summed E-state index contributed by atoms with van der Waals surface area (Å²) in [6, 6.07) is -0.645. The van der Waals surface area contributed by atoms with Crippen LogP contribution in [-0.2, 0) is 14.3 Å². The summed E-state index contributed by atoms with van der Waals surface area (Å²) in [5, 5.41) is 23.0. The van der Waals surface area contributed by atoms with Gasteiger partial charge in [-0.3, -0.25) is 9.59 Å². The van der Waals surface area contributed by atoms with Crippen molar-refractivity contribution in [3.63, 3.8) is 0 Å². The highest BCUT2D eigenvalue weighted by Crippen LogP contribution is 2.14. The van der Waals surface area contributed by atoms with Crippen LogP contribution in [0.1, 0.15) is 232 Å². The Labute approximate surface area is 334 Å². The van der Waals surface area contributed by atoms with Crippen LogP contribution in [0.15, 0.2) is 36.5 Å². The number of rotatable bonds is 42. The zero-order chi connectivity index (χ0) is 39.4. The summed E-state index contributed by atoms with van der Waals surface area (Å²) in [6.45, 7) is 4.78. The average molecular weight is 760 g/mol. The zero-order valence-electron chi connectivity index (χ0n) is 35.7. The molecule has 0 saturated heterocycles. The molecule has 316 valence electrons. The van der Waals surface area contributed by atoms with E-state index in [2.05, 4.69) is 43.5 Å². The molecule has 6 heteroatoms. The van der Waals surface area contributed by atoms with Crippen molar-refractivity contribution in [2.75, 3.05) is 13.2 Å². The van der Waals surface area contributed by atoms with Gasteiger partial charge in [-0.15, -0.1) is 0 Å². The maximum atomic E-state index is 12.4. The minimum atomic E-state index is -0.859. The minimum Gasteiger partial charge on any atom is -0.466 e. The van der Waals surface area contributed by atoms with E-state index in [1.165, 1.54) is 135 Å². The third-order valence-electron chi connectivity index (χ3n) is 10.4. The summed E-state index contributed by atoms with van der Waals surface area (Å²) < 4.78 is 5.43. The van der Waals surface area contributed by atoms with Gasteiger partial charge in [0.05, 0.1) is 25.4 Å². The van der Waals surface area contributed by atoms with Crippen LogP contribution in [0.4, 0.5) is 0 Å². The maximum Gasteiger partial charge on any atom is 0.305 e. The predicted molar refractivity (Wildman–Crippen MR) is 232 cm³/mol. The lowest BCUT2D eigenvalue weighted by Crippen LogP contribution is -2.45. The quantitative estimate of drug-likeness (QED) is 0.0327. The van der Waals surface area contributed by atoms with Gasteiger partial charge in [-0.25, -0.2) is 0 Å². The number of carbonyl (C=O) groups excluding carboxylic acids is 2. The van der Waals surface area contributed by atoms with E-state index in [9.17, 15) is 19.8 Å². The van der Waals surface area contributed by atoms with E-state index in [-0.39, 0.29) is 18.5 Å². The Hall–Kier alpha value is -1.92. The summed E-state index contributed by atoms with van der Waals surface area (Å²) in [7, 11) is 0. The zero-order valence-corrected chi connectivity index (χ0v) is 35.7. The van der Waals surface area contributed by atoms with E-state index in [0.29, 0.717) is 19.4 Å². The molecule has 0 heterocycles. The molecule has 0 bridgehead atoms. The van der Waals surface area contributed by atoms with E-state index in [1.807, 2.05) is 6.08 Å². The normalized spacial score (nSPS) is 13.0. The molecule has 1 amide bonds. The monoisotopic (exact) mass is 760 g/mol. The highest BCUT2D eigenvalue weighted by atomic mass is 16.5. The molecule has 0 aliphatic heterocycles. The third-order valence-corrected chi connectivity index (χ3v) is 10.4. The number of nitrogens with one attached hydrogen (secondary N) is 1. The molecule has 0 radical (unpaired) electrons. The molecule has 6 nitrogen and oxygen atoms in total. The SMILES string of the molecule is CCCC/C=C\C/C=C\CCCCCCCC(=O)OCCCCCCCCCCCCC(=O)NC(CO)C(O)/C=C/CCCCCCCCCCCCC. The molecular weight excluding hydrogens is 671 g/mol. The number of hydrogen-bond donors (Lipinski definition) is 3. The first-order chi connectivity index (χ1) is 26.5. The van der Waals surface area contributed by atoms with Gasteiger partial charge in [0.25, 0.3) is 0 Å². The van der Waals surface area contributed by atoms with Crippen molar-refractivity contribution in [2.24, 2.45) is 0 Å². The Morgan fingerprint density at radius 2 is 0.944 bits per heavy atom. The number of amides is 1. The number of unbranched alkanes of at least 4 members (excludes halogenated alkanes) is 27. The Balaban J connectivity index is 3.54. The van der Waals surface area contributed by atoms with E-state index in [4.69, 9.17) is 4.74 Å². The van der Waals surface area contributed by atoms with E-state index in [1.54, 1.807) is 6.08 Å². The lowest BCUT2D eigenvalue weighted by atomic mass is 10.0. The second kappa shape index (κ2) is 43.8. The number of allylic oxidation sites excluding steroid dienone is 5. The number of hydrogen-bond acceptors (Lipinski definition) is 5. The third kappa shape index (κ3) is 39.8. The molecule has 0 aromatic rings. The smallest absolute Gasteiger partial charge is 0.305 e. The second-order valence-corrected chi connectivity index (χ2v) is 15.7. The highest BCUT2D eigenvalue weighted by molar-refractivity contribution is 5.76. The Bertz CT molecular complexity index is 884. The number of esters is 1. The van der Waals surface area contributed by atoms with Gasteiger partial charge >= 0.3 is 5.97 Å². The predicted octanol–water partition coefficient (Wildman–Crippen LogP) is 13.3. The van der Waals surface area contributed by atoms with Gasteiger partial charge in [0, 0.05) is 12.8 Å². The van der Waals surface area contributed by atoms with Gasteiger partial charge in [-0.05, 0) is 57.8 Å². The Kier molecular flexibility index (Phi) is 42.2. The van der Waals surface area contributed by atoms with Crippen LogP contribution in [0, 0.1) is 0 Å². The lowest BCUT2D eigenvalue weighted by molar-refractivity contribution is -0.143. The molecule has 2 atom stereocenters. The summed E-state index contributed by atoms with van der Waals surface area (Å²) in [5.74, 6) is -0.130. The summed E-state index contributed by atoms with van der Waals surface area (Å²) in [4.78, 5) is 24.4. The fourth-order valence-electron chi connectivity index (χ4n) is 6.76. The van der Waals surface area contributed by atoms with Crippen molar-refractivity contribution >= 4 is 11.9 Å². The van der Waals surface area contributed by atoms with Crippen molar-refractivity contribution in [1.82, 2.24) is 5.32 Å². The molecule has 54 heavy (non-hydrogen) atoms. The minimum absolute atomic E-state index is 0.0365. The van der Waals surface area contributed by atoms with E-state index >= 15 is 0 Å². The molecule has 0 aliphatic carbocycles. The number of aliphatic hydroxyl groups is 2. The fourth-order valence-corrected chi connectivity index (χ4v) is 6.76. The van der Waals surface area contributed by atoms with Crippen LogP contribution in [0.25, 0.3) is 0 Å². The molecular formula is C48H89NO5. The van der Waals surface area contributed by atoms with Crippen LogP contribution in [0.3, 0.4) is 0 Å². The van der Waals surface area contributed by atoms with E-state index < -0.39 is 12.1 Å². The van der Waals surface area contributed by atoms with Gasteiger partial charge in [0.1, 0.15) is 0 Å². The number of aliphatic hydroxyl groups excluding tert-OH is 2. The van der Waals surface area contributed by atoms with Gasteiger partial charge in [0.2, 0.25) is 5.91 Å². The van der Waals surface area contributed by atoms with Gasteiger partial charge in [-0.1, -0.05) is 198 Å². The number of ether oxygens (including phenoxy) is 1. The van der Waals surface area contributed by atoms with Crippen LogP contribution in [0.5, 0.6) is 0 Å². The summed E-state index contributed by atoms with van der Waals surface area (Å²) in [5.41, 5.74) is 0. The molecule has 0 aliphatic rings. The molecule has 2 unspecified atom stereocenters. The molecule has 0 spiro atoms. The first-order valence-corrected chi connectivity index (χ1v) is 23.3. The second-order valence-electron chi connectivity index (χ2n) is 15.7. The Morgan fingerprint density at radius 3 is 1.46 bits per heavy atom. The first-order valence-electron chi connectivity index (χ1n) is 23.3. The van der Waals surface area contributed by atoms with Crippen molar-refractivity contribution in [1.29, 1.82) is 0 Å². The van der Waals surface area contributed by atoms with Gasteiger partial charge in [0.15, 0.2) is 0 Å². The first kappa shape index (κ1) is 52.1. The fraction of sp³-hybridized carbons (Fsp3) is 0.833. The molecule has 0 saturated carbocycles. The van der Waals surface area contributed by atoms with Gasteiger partial charge in [-0.2, -0.15) is 0 Å².